The maximum Gasteiger partial charge on any atom is 0.0732 e. The summed E-state index contributed by atoms with van der Waals surface area (Å²) in [4.78, 5) is 0. The summed E-state index contributed by atoms with van der Waals surface area (Å²) in [5, 5.41) is 12.3. The van der Waals surface area contributed by atoms with Crippen molar-refractivity contribution in [1.82, 2.24) is 0 Å². The molecular weight excluding hydrogens is 246 g/mol. The molecule has 0 aliphatic carbocycles. The topological polar surface area (TPSA) is 46.2 Å². The largest absolute Gasteiger partial charge is 0.391 e. The van der Waals surface area contributed by atoms with Gasteiger partial charge in [0.05, 0.1) is 12.1 Å². The van der Waals surface area contributed by atoms with Crippen molar-refractivity contribution in [2.24, 2.45) is 5.73 Å². The number of hydrogen-bond acceptors (Lipinski definition) is 2. The molecule has 18 heavy (non-hydrogen) atoms. The average molecular weight is 266 g/mol. The van der Waals surface area contributed by atoms with Gasteiger partial charge < -0.3 is 10.8 Å². The van der Waals surface area contributed by atoms with Gasteiger partial charge in [0, 0.05) is 0 Å². The normalized spacial score (nSPS) is 13.9. The third-order valence-corrected chi connectivity index (χ3v) is 3.18. The highest BCUT2D eigenvalue weighted by Crippen LogP contribution is 2.26. The number of fused-ring (bicyclic) bond motifs is 1. The highest BCUT2D eigenvalue weighted by molar-refractivity contribution is 5.86. The summed E-state index contributed by atoms with van der Waals surface area (Å²) in [6.45, 7) is 2.05. The van der Waals surface area contributed by atoms with Gasteiger partial charge in [0.25, 0.3) is 0 Å². The van der Waals surface area contributed by atoms with Crippen LogP contribution >= 0.6 is 12.4 Å². The van der Waals surface area contributed by atoms with Gasteiger partial charge in [-0.25, -0.2) is 0 Å². The van der Waals surface area contributed by atoms with Crippen molar-refractivity contribution >= 4 is 23.2 Å². The van der Waals surface area contributed by atoms with Gasteiger partial charge in [0.15, 0.2) is 0 Å². The first kappa shape index (κ1) is 15.0. The van der Waals surface area contributed by atoms with Gasteiger partial charge in [-0.2, -0.15) is 0 Å². The predicted molar refractivity (Wildman–Crippen MR) is 79.0 cm³/mol. The minimum Gasteiger partial charge on any atom is -0.391 e. The van der Waals surface area contributed by atoms with E-state index in [4.69, 9.17) is 5.73 Å². The van der Waals surface area contributed by atoms with Crippen molar-refractivity contribution < 1.29 is 5.11 Å². The standard InChI is InChI=1S/C15H19NO.ClH/c1-2-6-14(17)15(16)13-10-5-8-11-7-3-4-9-12(11)13;/h3-5,7-10,14-15,17H,2,6,16H2,1H3;1H/t14-,15+;/m0./s1. The molecule has 0 fully saturated rings. The van der Waals surface area contributed by atoms with E-state index in [1.807, 2.05) is 24.3 Å². The van der Waals surface area contributed by atoms with E-state index in [0.29, 0.717) is 0 Å². The molecule has 0 aliphatic heterocycles. The second-order valence-electron chi connectivity index (χ2n) is 4.45. The van der Waals surface area contributed by atoms with Crippen molar-refractivity contribution in [3.63, 3.8) is 0 Å². The molecule has 0 saturated heterocycles. The highest BCUT2D eigenvalue weighted by Gasteiger charge is 2.17. The van der Waals surface area contributed by atoms with Gasteiger partial charge in [0.2, 0.25) is 0 Å². The molecule has 0 amide bonds. The number of benzene rings is 2. The van der Waals surface area contributed by atoms with E-state index in [2.05, 4.69) is 25.1 Å². The molecule has 3 heteroatoms. The Morgan fingerprint density at radius 2 is 1.78 bits per heavy atom. The van der Waals surface area contributed by atoms with E-state index in [1.165, 1.54) is 5.39 Å². The molecule has 0 aliphatic rings. The Morgan fingerprint density at radius 3 is 2.50 bits per heavy atom. The lowest BCUT2D eigenvalue weighted by Gasteiger charge is -2.20. The Morgan fingerprint density at radius 1 is 1.11 bits per heavy atom. The van der Waals surface area contributed by atoms with Gasteiger partial charge in [-0.05, 0) is 22.8 Å². The van der Waals surface area contributed by atoms with Gasteiger partial charge >= 0.3 is 0 Å². The van der Waals surface area contributed by atoms with E-state index in [0.717, 1.165) is 23.8 Å². The highest BCUT2D eigenvalue weighted by atomic mass is 35.5. The molecule has 0 saturated carbocycles. The fourth-order valence-corrected chi connectivity index (χ4v) is 2.22. The fourth-order valence-electron chi connectivity index (χ4n) is 2.22. The number of aliphatic hydroxyl groups is 1. The second-order valence-corrected chi connectivity index (χ2v) is 4.45. The van der Waals surface area contributed by atoms with Crippen LogP contribution in [-0.2, 0) is 0 Å². The van der Waals surface area contributed by atoms with Crippen LogP contribution in [0.15, 0.2) is 42.5 Å². The summed E-state index contributed by atoms with van der Waals surface area (Å²) < 4.78 is 0. The third-order valence-electron chi connectivity index (χ3n) is 3.18. The first-order valence-electron chi connectivity index (χ1n) is 6.15. The maximum absolute atomic E-state index is 10.0. The molecular formula is C15H20ClNO. The zero-order valence-electron chi connectivity index (χ0n) is 10.5. The summed E-state index contributed by atoms with van der Waals surface area (Å²) in [7, 11) is 0. The molecule has 0 unspecified atom stereocenters. The lowest BCUT2D eigenvalue weighted by atomic mass is 9.94. The Bertz CT molecular complexity index is 495. The molecule has 3 N–H and O–H groups in total. The lowest BCUT2D eigenvalue weighted by Crippen LogP contribution is -2.26. The number of hydrogen-bond donors (Lipinski definition) is 2. The van der Waals surface area contributed by atoms with E-state index >= 15 is 0 Å². The Balaban J connectivity index is 0.00000162. The molecule has 2 rings (SSSR count). The quantitative estimate of drug-likeness (QED) is 0.890. The first-order chi connectivity index (χ1) is 8.24. The van der Waals surface area contributed by atoms with Crippen LogP contribution in [0.4, 0.5) is 0 Å². The van der Waals surface area contributed by atoms with Gasteiger partial charge in [-0.15, -0.1) is 12.4 Å². The maximum atomic E-state index is 10.0. The zero-order valence-corrected chi connectivity index (χ0v) is 11.4. The van der Waals surface area contributed by atoms with Crippen LogP contribution in [0.1, 0.15) is 31.4 Å². The average Bonchev–Trinajstić information content (AvgIpc) is 2.37. The molecule has 2 nitrogen and oxygen atoms in total. The molecule has 0 heterocycles. The third kappa shape index (κ3) is 3.02. The van der Waals surface area contributed by atoms with Crippen molar-refractivity contribution in [2.45, 2.75) is 31.9 Å². The zero-order chi connectivity index (χ0) is 12.3. The van der Waals surface area contributed by atoms with Crippen LogP contribution in [-0.4, -0.2) is 11.2 Å². The Labute approximate surface area is 114 Å². The summed E-state index contributed by atoms with van der Waals surface area (Å²) in [5.74, 6) is 0. The summed E-state index contributed by atoms with van der Waals surface area (Å²) >= 11 is 0. The van der Waals surface area contributed by atoms with E-state index in [9.17, 15) is 5.11 Å². The molecule has 98 valence electrons. The van der Waals surface area contributed by atoms with Crippen LogP contribution in [0, 0.1) is 0 Å². The van der Waals surface area contributed by atoms with Gasteiger partial charge in [-0.1, -0.05) is 55.8 Å². The van der Waals surface area contributed by atoms with Crippen molar-refractivity contribution in [2.75, 3.05) is 0 Å². The summed E-state index contributed by atoms with van der Waals surface area (Å²) in [6.07, 6.45) is 1.22. The van der Waals surface area contributed by atoms with Crippen molar-refractivity contribution in [1.29, 1.82) is 0 Å². The molecule has 2 aromatic rings. The number of nitrogens with two attached hydrogens (primary N) is 1. The molecule has 0 bridgehead atoms. The molecule has 2 aromatic carbocycles. The lowest BCUT2D eigenvalue weighted by molar-refractivity contribution is 0.135. The van der Waals surface area contributed by atoms with Crippen LogP contribution in [0.5, 0.6) is 0 Å². The van der Waals surface area contributed by atoms with Crippen LogP contribution in [0.3, 0.4) is 0 Å². The minimum absolute atomic E-state index is 0. The smallest absolute Gasteiger partial charge is 0.0732 e. The summed E-state index contributed by atoms with van der Waals surface area (Å²) in [5.41, 5.74) is 7.17. The number of aliphatic hydroxyl groups excluding tert-OH is 1. The number of rotatable bonds is 4. The number of halogens is 1. The predicted octanol–water partition coefficient (Wildman–Crippen LogP) is 3.42. The molecule has 0 spiro atoms. The fraction of sp³-hybridized carbons (Fsp3) is 0.333. The minimum atomic E-state index is -0.467. The van der Waals surface area contributed by atoms with Crippen molar-refractivity contribution in [3.05, 3.63) is 48.0 Å². The van der Waals surface area contributed by atoms with Crippen LogP contribution in [0.25, 0.3) is 10.8 Å². The first-order valence-corrected chi connectivity index (χ1v) is 6.15. The van der Waals surface area contributed by atoms with E-state index in [1.54, 1.807) is 0 Å². The second kappa shape index (κ2) is 6.74. The van der Waals surface area contributed by atoms with Gasteiger partial charge in [-0.3, -0.25) is 0 Å². The molecule has 0 radical (unpaired) electrons. The summed E-state index contributed by atoms with van der Waals surface area (Å²) in [6, 6.07) is 13.9. The SMILES string of the molecule is CCC[C@H](O)[C@H](N)c1cccc2ccccc12.Cl. The van der Waals surface area contributed by atoms with Crippen molar-refractivity contribution in [3.8, 4) is 0 Å². The Kier molecular flexibility index (Phi) is 5.60. The van der Waals surface area contributed by atoms with Gasteiger partial charge in [0.1, 0.15) is 0 Å². The van der Waals surface area contributed by atoms with Crippen LogP contribution in [0.2, 0.25) is 0 Å². The molecule has 2 atom stereocenters. The monoisotopic (exact) mass is 265 g/mol. The van der Waals surface area contributed by atoms with Crippen LogP contribution < -0.4 is 5.73 Å². The molecule has 0 aromatic heterocycles. The van der Waals surface area contributed by atoms with E-state index < -0.39 is 6.10 Å². The van der Waals surface area contributed by atoms with E-state index in [-0.39, 0.29) is 18.4 Å². The Hall–Kier alpha value is -1.09.